The van der Waals surface area contributed by atoms with Gasteiger partial charge in [0.2, 0.25) is 0 Å². The zero-order chi connectivity index (χ0) is 14.3. The second-order valence-electron chi connectivity index (χ2n) is 4.21. The summed E-state index contributed by atoms with van der Waals surface area (Å²) in [5.41, 5.74) is 0.671. The minimum atomic E-state index is -0.220. The van der Waals surface area contributed by atoms with E-state index in [2.05, 4.69) is 10.6 Å². The molecule has 1 aromatic carbocycles. The van der Waals surface area contributed by atoms with Crippen molar-refractivity contribution in [3.05, 3.63) is 18.2 Å². The van der Waals surface area contributed by atoms with Crippen molar-refractivity contribution < 1.29 is 14.3 Å². The average molecular weight is 266 g/mol. The Hall–Kier alpha value is -1.91. The summed E-state index contributed by atoms with van der Waals surface area (Å²) in [5.74, 6) is 1.26. The first-order chi connectivity index (χ1) is 9.10. The lowest BCUT2D eigenvalue weighted by Gasteiger charge is -2.14. The minimum absolute atomic E-state index is 0.143. The van der Waals surface area contributed by atoms with Crippen LogP contribution in [0.25, 0.3) is 0 Å². The summed E-state index contributed by atoms with van der Waals surface area (Å²) in [5, 5.41) is 5.61. The molecule has 0 fully saturated rings. The van der Waals surface area contributed by atoms with Gasteiger partial charge in [0.15, 0.2) is 11.5 Å². The van der Waals surface area contributed by atoms with E-state index in [9.17, 15) is 4.79 Å². The van der Waals surface area contributed by atoms with Gasteiger partial charge in [-0.05, 0) is 32.4 Å². The lowest BCUT2D eigenvalue weighted by Crippen LogP contribution is -2.35. The third-order valence-corrected chi connectivity index (χ3v) is 2.71. The second kappa shape index (κ2) is 7.51. The molecule has 1 atom stereocenters. The van der Waals surface area contributed by atoms with E-state index in [1.807, 2.05) is 20.8 Å². The number of rotatable bonds is 6. The van der Waals surface area contributed by atoms with Crippen molar-refractivity contribution in [3.8, 4) is 11.5 Å². The van der Waals surface area contributed by atoms with Crippen LogP contribution < -0.4 is 20.1 Å². The fourth-order valence-electron chi connectivity index (χ4n) is 1.52. The molecular formula is C14H22N2O3. The third-order valence-electron chi connectivity index (χ3n) is 2.71. The largest absolute Gasteiger partial charge is 0.493 e. The summed E-state index contributed by atoms with van der Waals surface area (Å²) in [6, 6.07) is 5.21. The van der Waals surface area contributed by atoms with Crippen LogP contribution in [0.15, 0.2) is 18.2 Å². The summed E-state index contributed by atoms with van der Waals surface area (Å²) in [4.78, 5) is 11.7. The number of methoxy groups -OCH3 is 1. The second-order valence-corrected chi connectivity index (χ2v) is 4.21. The van der Waals surface area contributed by atoms with E-state index in [0.717, 1.165) is 6.42 Å². The highest BCUT2D eigenvalue weighted by atomic mass is 16.5. The van der Waals surface area contributed by atoms with E-state index < -0.39 is 0 Å². The fraction of sp³-hybridized carbons (Fsp3) is 0.500. The molecule has 0 bridgehead atoms. The Morgan fingerprint density at radius 3 is 2.63 bits per heavy atom. The van der Waals surface area contributed by atoms with Gasteiger partial charge in [0.1, 0.15) is 0 Å². The van der Waals surface area contributed by atoms with Crippen LogP contribution in [0.4, 0.5) is 10.5 Å². The predicted molar refractivity (Wildman–Crippen MR) is 76.1 cm³/mol. The maximum Gasteiger partial charge on any atom is 0.319 e. The maximum absolute atomic E-state index is 11.7. The molecule has 2 N–H and O–H groups in total. The smallest absolute Gasteiger partial charge is 0.319 e. The van der Waals surface area contributed by atoms with E-state index in [4.69, 9.17) is 9.47 Å². The molecule has 0 heterocycles. The van der Waals surface area contributed by atoms with Crippen LogP contribution in [0.2, 0.25) is 0 Å². The van der Waals surface area contributed by atoms with Gasteiger partial charge in [0.25, 0.3) is 0 Å². The zero-order valence-corrected chi connectivity index (χ0v) is 11.9. The van der Waals surface area contributed by atoms with E-state index in [0.29, 0.717) is 23.8 Å². The molecule has 1 unspecified atom stereocenters. The highest BCUT2D eigenvalue weighted by molar-refractivity contribution is 5.89. The van der Waals surface area contributed by atoms with E-state index >= 15 is 0 Å². The van der Waals surface area contributed by atoms with Crippen molar-refractivity contribution in [2.24, 2.45) is 0 Å². The molecule has 0 aromatic heterocycles. The van der Waals surface area contributed by atoms with E-state index in [1.165, 1.54) is 0 Å². The standard InChI is InChI=1S/C14H22N2O3/c1-5-10(3)15-14(17)16-11-7-8-12(18-4)13(9-11)19-6-2/h7-10H,5-6H2,1-4H3,(H2,15,16,17). The predicted octanol–water partition coefficient (Wildman–Crippen LogP) is 3.01. The maximum atomic E-state index is 11.7. The van der Waals surface area contributed by atoms with Gasteiger partial charge >= 0.3 is 6.03 Å². The van der Waals surface area contributed by atoms with Gasteiger partial charge in [-0.1, -0.05) is 6.92 Å². The number of amides is 2. The monoisotopic (exact) mass is 266 g/mol. The van der Waals surface area contributed by atoms with Crippen LogP contribution in [-0.2, 0) is 0 Å². The lowest BCUT2D eigenvalue weighted by molar-refractivity contribution is 0.249. The fourth-order valence-corrected chi connectivity index (χ4v) is 1.52. The first-order valence-corrected chi connectivity index (χ1v) is 6.49. The molecule has 0 saturated heterocycles. The number of carbonyl (C=O) groups excluding carboxylic acids is 1. The number of benzene rings is 1. The summed E-state index contributed by atoms with van der Waals surface area (Å²) < 4.78 is 10.6. The summed E-state index contributed by atoms with van der Waals surface area (Å²) in [6.07, 6.45) is 0.889. The first-order valence-electron chi connectivity index (χ1n) is 6.49. The SMILES string of the molecule is CCOc1cc(NC(=O)NC(C)CC)ccc1OC. The zero-order valence-electron chi connectivity index (χ0n) is 11.9. The average Bonchev–Trinajstić information content (AvgIpc) is 2.39. The molecule has 0 aliphatic carbocycles. The topological polar surface area (TPSA) is 59.6 Å². The minimum Gasteiger partial charge on any atom is -0.493 e. The van der Waals surface area contributed by atoms with Crippen molar-refractivity contribution >= 4 is 11.7 Å². The molecule has 1 rings (SSSR count). The highest BCUT2D eigenvalue weighted by Crippen LogP contribution is 2.30. The molecule has 106 valence electrons. The first kappa shape index (κ1) is 15.1. The molecule has 2 amide bonds. The van der Waals surface area contributed by atoms with Crippen LogP contribution in [0.3, 0.4) is 0 Å². The lowest BCUT2D eigenvalue weighted by atomic mass is 10.2. The van der Waals surface area contributed by atoms with Crippen LogP contribution in [0, 0.1) is 0 Å². The Morgan fingerprint density at radius 1 is 1.32 bits per heavy atom. The molecule has 5 heteroatoms. The van der Waals surface area contributed by atoms with Gasteiger partial charge in [-0.3, -0.25) is 0 Å². The Kier molecular flexibility index (Phi) is 5.99. The molecule has 1 aromatic rings. The summed E-state index contributed by atoms with van der Waals surface area (Å²) in [6.45, 7) is 6.42. The van der Waals surface area contributed by atoms with Crippen LogP contribution >= 0.6 is 0 Å². The number of hydrogen-bond acceptors (Lipinski definition) is 3. The van der Waals surface area contributed by atoms with Gasteiger partial charge in [-0.2, -0.15) is 0 Å². The Morgan fingerprint density at radius 2 is 2.05 bits per heavy atom. The number of urea groups is 1. The molecule has 0 radical (unpaired) electrons. The normalized spacial score (nSPS) is 11.6. The Labute approximate surface area is 114 Å². The van der Waals surface area contributed by atoms with Crippen molar-refractivity contribution in [1.29, 1.82) is 0 Å². The quantitative estimate of drug-likeness (QED) is 0.832. The van der Waals surface area contributed by atoms with Crippen LogP contribution in [-0.4, -0.2) is 25.8 Å². The van der Waals surface area contributed by atoms with Gasteiger partial charge in [0, 0.05) is 17.8 Å². The van der Waals surface area contributed by atoms with Gasteiger partial charge in [-0.25, -0.2) is 4.79 Å². The number of anilines is 1. The van der Waals surface area contributed by atoms with Gasteiger partial charge in [-0.15, -0.1) is 0 Å². The Bertz CT molecular complexity index is 421. The summed E-state index contributed by atoms with van der Waals surface area (Å²) in [7, 11) is 1.58. The number of nitrogens with one attached hydrogen (secondary N) is 2. The van der Waals surface area contributed by atoms with Crippen LogP contribution in [0.5, 0.6) is 11.5 Å². The Balaban J connectivity index is 2.73. The molecular weight excluding hydrogens is 244 g/mol. The van der Waals surface area contributed by atoms with Crippen molar-refractivity contribution in [2.75, 3.05) is 19.0 Å². The van der Waals surface area contributed by atoms with E-state index in [1.54, 1.807) is 25.3 Å². The molecule has 19 heavy (non-hydrogen) atoms. The van der Waals surface area contributed by atoms with Gasteiger partial charge < -0.3 is 20.1 Å². The third kappa shape index (κ3) is 4.69. The van der Waals surface area contributed by atoms with Crippen molar-refractivity contribution in [2.45, 2.75) is 33.2 Å². The van der Waals surface area contributed by atoms with Crippen molar-refractivity contribution in [3.63, 3.8) is 0 Å². The number of ether oxygens (including phenoxy) is 2. The molecule has 0 aliphatic heterocycles. The van der Waals surface area contributed by atoms with Crippen molar-refractivity contribution in [1.82, 2.24) is 5.32 Å². The highest BCUT2D eigenvalue weighted by Gasteiger charge is 2.09. The molecule has 0 aliphatic rings. The number of hydrogen-bond donors (Lipinski definition) is 2. The molecule has 0 spiro atoms. The summed E-state index contributed by atoms with van der Waals surface area (Å²) >= 11 is 0. The van der Waals surface area contributed by atoms with Gasteiger partial charge in [0.05, 0.1) is 13.7 Å². The molecule has 5 nitrogen and oxygen atoms in total. The van der Waals surface area contributed by atoms with Crippen LogP contribution in [0.1, 0.15) is 27.2 Å². The molecule has 0 saturated carbocycles. The number of carbonyl (C=O) groups is 1. The van der Waals surface area contributed by atoms with E-state index in [-0.39, 0.29) is 12.1 Å².